The summed E-state index contributed by atoms with van der Waals surface area (Å²) in [5, 5.41) is 3.38. The van der Waals surface area contributed by atoms with Gasteiger partial charge in [0.15, 0.2) is 46.0 Å². The van der Waals surface area contributed by atoms with E-state index < -0.39 is 0 Å². The van der Waals surface area contributed by atoms with E-state index in [0.29, 0.717) is 46.0 Å². The first-order valence-corrected chi connectivity index (χ1v) is 9.26. The lowest BCUT2D eigenvalue weighted by Crippen LogP contribution is -2.01. The third-order valence-corrected chi connectivity index (χ3v) is 4.75. The molecule has 4 aromatic carbocycles. The topological polar surface area (TPSA) is 49.0 Å². The zero-order valence-corrected chi connectivity index (χ0v) is 15.2. The molecule has 0 amide bonds. The smallest absolute Gasteiger partial charge is 0.172 e. The molecule has 29 heavy (non-hydrogen) atoms. The quantitative estimate of drug-likeness (QED) is 0.343. The second-order valence-electron chi connectivity index (χ2n) is 6.75. The number of rotatable bonds is 2. The van der Waals surface area contributed by atoms with Crippen molar-refractivity contribution in [2.45, 2.75) is 0 Å². The van der Waals surface area contributed by atoms with Crippen LogP contribution < -0.4 is 24.3 Å². The van der Waals surface area contributed by atoms with Gasteiger partial charge < -0.3 is 24.3 Å². The molecule has 0 spiro atoms. The first kappa shape index (κ1) is 15.9. The van der Waals surface area contributed by atoms with Crippen molar-refractivity contribution in [3.63, 3.8) is 0 Å². The largest absolute Gasteiger partial charge is 0.450 e. The Balaban J connectivity index is 1.26. The van der Waals surface area contributed by atoms with Crippen LogP contribution in [0.25, 0.3) is 0 Å². The maximum absolute atomic E-state index is 5.98. The summed E-state index contributed by atoms with van der Waals surface area (Å²) in [5.74, 6) is 5.55. The van der Waals surface area contributed by atoms with Gasteiger partial charge in [0.2, 0.25) is 0 Å². The summed E-state index contributed by atoms with van der Waals surface area (Å²) in [6.07, 6.45) is 0. The molecule has 5 heteroatoms. The molecule has 2 aliphatic rings. The molecule has 0 saturated carbocycles. The van der Waals surface area contributed by atoms with Gasteiger partial charge in [0.1, 0.15) is 0 Å². The number of nitrogens with one attached hydrogen (secondary N) is 1. The first-order chi connectivity index (χ1) is 14.3. The van der Waals surface area contributed by atoms with Crippen LogP contribution >= 0.6 is 0 Å². The number of ether oxygens (including phenoxy) is 4. The van der Waals surface area contributed by atoms with Crippen molar-refractivity contribution in [3.8, 4) is 46.0 Å². The number of hydrogen-bond donors (Lipinski definition) is 1. The lowest BCUT2D eigenvalue weighted by Gasteiger charge is -2.22. The standard InChI is InChI=1S/C24H15NO4/c1-3-7-19-17(5-1)26-21-11-9-15(13-23(21)28-19)25-16-10-12-22-24(14-16)29-20-8-4-2-6-18(20)27-22/h1-14,25H. The fourth-order valence-corrected chi connectivity index (χ4v) is 3.38. The highest BCUT2D eigenvalue weighted by molar-refractivity contribution is 5.69. The summed E-state index contributed by atoms with van der Waals surface area (Å²) in [6.45, 7) is 0. The van der Waals surface area contributed by atoms with Crippen LogP contribution in [-0.2, 0) is 0 Å². The summed E-state index contributed by atoms with van der Waals surface area (Å²) in [6, 6.07) is 26.7. The van der Waals surface area contributed by atoms with Crippen molar-refractivity contribution < 1.29 is 18.9 Å². The van der Waals surface area contributed by atoms with E-state index in [1.165, 1.54) is 0 Å². The van der Waals surface area contributed by atoms with Gasteiger partial charge in [0, 0.05) is 23.5 Å². The molecule has 2 heterocycles. The van der Waals surface area contributed by atoms with E-state index in [2.05, 4.69) is 5.32 Å². The van der Waals surface area contributed by atoms with Gasteiger partial charge in [-0.2, -0.15) is 0 Å². The summed E-state index contributed by atoms with van der Waals surface area (Å²) in [7, 11) is 0. The molecular weight excluding hydrogens is 366 g/mol. The minimum Gasteiger partial charge on any atom is -0.450 e. The van der Waals surface area contributed by atoms with Crippen LogP contribution in [-0.4, -0.2) is 0 Å². The van der Waals surface area contributed by atoms with E-state index in [-0.39, 0.29) is 0 Å². The Kier molecular flexibility index (Phi) is 3.40. The normalized spacial score (nSPS) is 12.6. The second kappa shape index (κ2) is 6.21. The molecule has 0 unspecified atom stereocenters. The van der Waals surface area contributed by atoms with E-state index in [0.717, 1.165) is 11.4 Å². The Morgan fingerprint density at radius 2 is 0.724 bits per heavy atom. The third kappa shape index (κ3) is 2.80. The van der Waals surface area contributed by atoms with Crippen molar-refractivity contribution in [1.29, 1.82) is 0 Å². The third-order valence-electron chi connectivity index (χ3n) is 4.75. The molecule has 0 aliphatic carbocycles. The van der Waals surface area contributed by atoms with Crippen LogP contribution in [0.2, 0.25) is 0 Å². The highest BCUT2D eigenvalue weighted by Crippen LogP contribution is 2.48. The maximum Gasteiger partial charge on any atom is 0.172 e. The lowest BCUT2D eigenvalue weighted by atomic mass is 10.2. The molecule has 0 atom stereocenters. The van der Waals surface area contributed by atoms with E-state index in [1.807, 2.05) is 84.9 Å². The zero-order valence-electron chi connectivity index (χ0n) is 15.2. The molecule has 2 aliphatic heterocycles. The van der Waals surface area contributed by atoms with Crippen LogP contribution in [0.1, 0.15) is 0 Å². The van der Waals surface area contributed by atoms with Crippen molar-refractivity contribution in [2.75, 3.05) is 5.32 Å². The van der Waals surface area contributed by atoms with E-state index in [1.54, 1.807) is 0 Å². The molecular formula is C24H15NO4. The van der Waals surface area contributed by atoms with E-state index in [4.69, 9.17) is 18.9 Å². The van der Waals surface area contributed by atoms with Gasteiger partial charge in [-0.25, -0.2) is 0 Å². The van der Waals surface area contributed by atoms with Crippen molar-refractivity contribution in [2.24, 2.45) is 0 Å². The predicted molar refractivity (Wildman–Crippen MR) is 109 cm³/mol. The minimum absolute atomic E-state index is 0.667. The summed E-state index contributed by atoms with van der Waals surface area (Å²) in [5.41, 5.74) is 1.76. The number of benzene rings is 4. The molecule has 140 valence electrons. The number of para-hydroxylation sites is 4. The molecule has 0 fully saturated rings. The number of hydrogen-bond acceptors (Lipinski definition) is 5. The SMILES string of the molecule is c1ccc2c(c1)Oc1ccc(Nc3ccc4c(c3)Oc3ccccc3O4)cc1O2. The molecule has 1 N–H and O–H groups in total. The van der Waals surface area contributed by atoms with Crippen molar-refractivity contribution in [3.05, 3.63) is 84.9 Å². The van der Waals surface area contributed by atoms with Crippen LogP contribution in [0.4, 0.5) is 11.4 Å². The number of anilines is 2. The number of fused-ring (bicyclic) bond motifs is 4. The minimum atomic E-state index is 0.667. The van der Waals surface area contributed by atoms with Gasteiger partial charge in [-0.05, 0) is 48.5 Å². The Labute approximate surface area is 167 Å². The Hall–Kier alpha value is -4.12. The average Bonchev–Trinajstić information content (AvgIpc) is 2.76. The van der Waals surface area contributed by atoms with Crippen LogP contribution in [0, 0.1) is 0 Å². The van der Waals surface area contributed by atoms with Gasteiger partial charge in [0.25, 0.3) is 0 Å². The maximum atomic E-state index is 5.98. The van der Waals surface area contributed by atoms with E-state index >= 15 is 0 Å². The summed E-state index contributed by atoms with van der Waals surface area (Å²) < 4.78 is 23.8. The molecule has 5 nitrogen and oxygen atoms in total. The average molecular weight is 381 g/mol. The Morgan fingerprint density at radius 1 is 0.379 bits per heavy atom. The molecule has 0 aromatic heterocycles. The molecule has 4 aromatic rings. The Bertz CT molecular complexity index is 1150. The highest BCUT2D eigenvalue weighted by atomic mass is 16.6. The van der Waals surface area contributed by atoms with Crippen LogP contribution in [0.15, 0.2) is 84.9 Å². The molecule has 0 bridgehead atoms. The summed E-state index contributed by atoms with van der Waals surface area (Å²) >= 11 is 0. The van der Waals surface area contributed by atoms with Crippen molar-refractivity contribution in [1.82, 2.24) is 0 Å². The van der Waals surface area contributed by atoms with E-state index in [9.17, 15) is 0 Å². The monoisotopic (exact) mass is 381 g/mol. The van der Waals surface area contributed by atoms with Crippen molar-refractivity contribution >= 4 is 11.4 Å². The molecule has 0 radical (unpaired) electrons. The Morgan fingerprint density at radius 3 is 1.14 bits per heavy atom. The predicted octanol–water partition coefficient (Wildman–Crippen LogP) is 7.23. The zero-order chi connectivity index (χ0) is 19.2. The molecule has 6 rings (SSSR count). The van der Waals surface area contributed by atoms with Gasteiger partial charge in [-0.3, -0.25) is 0 Å². The fourth-order valence-electron chi connectivity index (χ4n) is 3.38. The fraction of sp³-hybridized carbons (Fsp3) is 0. The summed E-state index contributed by atoms with van der Waals surface area (Å²) in [4.78, 5) is 0. The molecule has 0 saturated heterocycles. The van der Waals surface area contributed by atoms with Gasteiger partial charge in [-0.1, -0.05) is 24.3 Å². The lowest BCUT2D eigenvalue weighted by molar-refractivity contribution is 0.359. The van der Waals surface area contributed by atoms with Crippen LogP contribution in [0.3, 0.4) is 0 Å². The van der Waals surface area contributed by atoms with Gasteiger partial charge in [-0.15, -0.1) is 0 Å². The second-order valence-corrected chi connectivity index (χ2v) is 6.75. The van der Waals surface area contributed by atoms with Crippen LogP contribution in [0.5, 0.6) is 46.0 Å². The highest BCUT2D eigenvalue weighted by Gasteiger charge is 2.20. The first-order valence-electron chi connectivity index (χ1n) is 9.26. The van der Waals surface area contributed by atoms with Gasteiger partial charge in [0.05, 0.1) is 0 Å². The van der Waals surface area contributed by atoms with Gasteiger partial charge >= 0.3 is 0 Å².